The van der Waals surface area contributed by atoms with Gasteiger partial charge in [0.05, 0.1) is 25.5 Å². The predicted octanol–water partition coefficient (Wildman–Crippen LogP) is 5.61. The lowest BCUT2D eigenvalue weighted by Gasteiger charge is -2.34. The van der Waals surface area contributed by atoms with E-state index in [1.807, 2.05) is 31.2 Å². The fourth-order valence-electron chi connectivity index (χ4n) is 4.74. The van der Waals surface area contributed by atoms with Gasteiger partial charge in [-0.2, -0.15) is 0 Å². The first-order valence-corrected chi connectivity index (χ1v) is 12.1. The van der Waals surface area contributed by atoms with Crippen LogP contribution >= 0.6 is 0 Å². The van der Waals surface area contributed by atoms with E-state index in [0.717, 1.165) is 5.69 Å². The van der Waals surface area contributed by atoms with Gasteiger partial charge in [0.25, 0.3) is 5.91 Å². The molecule has 3 aromatic rings. The number of rotatable bonds is 8. The van der Waals surface area contributed by atoms with E-state index < -0.39 is 0 Å². The van der Waals surface area contributed by atoms with Gasteiger partial charge in [0.15, 0.2) is 5.78 Å². The third kappa shape index (κ3) is 5.20. The summed E-state index contributed by atoms with van der Waals surface area (Å²) < 4.78 is 24.1. The zero-order valence-electron chi connectivity index (χ0n) is 20.9. The number of halogens is 1. The average Bonchev–Trinajstić information content (AvgIpc) is 2.93. The van der Waals surface area contributed by atoms with Crippen molar-refractivity contribution in [2.24, 2.45) is 5.92 Å². The molecule has 1 heterocycles. The second-order valence-corrected chi connectivity index (χ2v) is 8.74. The summed E-state index contributed by atoms with van der Waals surface area (Å²) in [4.78, 5) is 30.6. The van der Waals surface area contributed by atoms with Crippen LogP contribution in [0.4, 0.5) is 15.8 Å². The fourth-order valence-corrected chi connectivity index (χ4v) is 4.74. The molecule has 0 aliphatic carbocycles. The van der Waals surface area contributed by atoms with Crippen molar-refractivity contribution in [3.63, 3.8) is 0 Å². The monoisotopic (exact) mass is 490 g/mol. The molecule has 36 heavy (non-hydrogen) atoms. The lowest BCUT2D eigenvalue weighted by atomic mass is 9.88. The van der Waals surface area contributed by atoms with Gasteiger partial charge in [-0.3, -0.25) is 9.59 Å². The summed E-state index contributed by atoms with van der Waals surface area (Å²) in [6.07, 6.45) is 1.33. The van der Waals surface area contributed by atoms with Crippen LogP contribution in [-0.2, 0) is 0 Å². The van der Waals surface area contributed by atoms with Crippen LogP contribution in [0.15, 0.2) is 66.7 Å². The van der Waals surface area contributed by atoms with Crippen LogP contribution in [0.3, 0.4) is 0 Å². The minimum Gasteiger partial charge on any atom is -0.497 e. The topological polar surface area (TPSA) is 59.1 Å². The second kappa shape index (κ2) is 11.2. The quantitative estimate of drug-likeness (QED) is 0.384. The minimum absolute atomic E-state index is 0.0429. The SMILES string of the molecule is CCN(C(=O)c1ccccc1N1CCC(C(=O)c2ccc(F)cc2)CC1)c1cc(OC)ccc1OC. The van der Waals surface area contributed by atoms with Crippen LogP contribution in [0.1, 0.15) is 40.5 Å². The predicted molar refractivity (Wildman–Crippen MR) is 139 cm³/mol. The molecule has 188 valence electrons. The van der Waals surface area contributed by atoms with Gasteiger partial charge >= 0.3 is 0 Å². The van der Waals surface area contributed by atoms with Crippen LogP contribution in [0.25, 0.3) is 0 Å². The highest BCUT2D eigenvalue weighted by molar-refractivity contribution is 6.10. The van der Waals surface area contributed by atoms with Crippen molar-refractivity contribution in [2.45, 2.75) is 19.8 Å². The minimum atomic E-state index is -0.352. The van der Waals surface area contributed by atoms with Gasteiger partial charge in [0, 0.05) is 42.9 Å². The Morgan fingerprint density at radius 3 is 2.31 bits per heavy atom. The molecule has 0 unspecified atom stereocenters. The van der Waals surface area contributed by atoms with E-state index in [4.69, 9.17) is 9.47 Å². The van der Waals surface area contributed by atoms with Gasteiger partial charge < -0.3 is 19.3 Å². The first-order valence-electron chi connectivity index (χ1n) is 12.1. The Bertz CT molecular complexity index is 1220. The summed E-state index contributed by atoms with van der Waals surface area (Å²) in [5, 5.41) is 0. The van der Waals surface area contributed by atoms with Crippen LogP contribution in [-0.4, -0.2) is 45.5 Å². The van der Waals surface area contributed by atoms with Gasteiger partial charge in [-0.25, -0.2) is 4.39 Å². The Morgan fingerprint density at radius 1 is 0.972 bits per heavy atom. The van der Waals surface area contributed by atoms with Gasteiger partial charge in [-0.15, -0.1) is 0 Å². The van der Waals surface area contributed by atoms with Crippen molar-refractivity contribution in [1.29, 1.82) is 0 Å². The van der Waals surface area contributed by atoms with Crippen molar-refractivity contribution in [3.8, 4) is 11.5 Å². The van der Waals surface area contributed by atoms with Crippen LogP contribution in [0.2, 0.25) is 0 Å². The Balaban J connectivity index is 1.54. The number of hydrogen-bond donors (Lipinski definition) is 0. The van der Waals surface area contributed by atoms with E-state index in [1.165, 1.54) is 12.1 Å². The number of carbonyl (C=O) groups is 2. The van der Waals surface area contributed by atoms with Crippen molar-refractivity contribution < 1.29 is 23.5 Å². The highest BCUT2D eigenvalue weighted by Crippen LogP contribution is 2.35. The maximum Gasteiger partial charge on any atom is 0.260 e. The van der Waals surface area contributed by atoms with Gasteiger partial charge in [-0.05, 0) is 68.3 Å². The number of ether oxygens (including phenoxy) is 2. The molecule has 1 amide bonds. The van der Waals surface area contributed by atoms with E-state index in [1.54, 1.807) is 49.5 Å². The standard InChI is InChI=1S/C29H31FN2O4/c1-4-32(26-19-23(35-2)13-14-27(26)36-3)29(34)24-7-5-6-8-25(24)31-17-15-21(16-18-31)28(33)20-9-11-22(30)12-10-20/h5-14,19,21H,4,15-18H2,1-3H3. The largest absolute Gasteiger partial charge is 0.497 e. The lowest BCUT2D eigenvalue weighted by molar-refractivity contribution is 0.0899. The lowest BCUT2D eigenvalue weighted by Crippen LogP contribution is -2.38. The molecule has 0 aromatic heterocycles. The molecule has 4 rings (SSSR count). The van der Waals surface area contributed by atoms with E-state index in [9.17, 15) is 14.0 Å². The number of nitrogens with zero attached hydrogens (tertiary/aromatic N) is 2. The average molecular weight is 491 g/mol. The number of ketones is 1. The number of benzene rings is 3. The third-order valence-corrected chi connectivity index (χ3v) is 6.71. The van der Waals surface area contributed by atoms with E-state index in [2.05, 4.69) is 4.90 Å². The van der Waals surface area contributed by atoms with E-state index >= 15 is 0 Å². The maximum atomic E-state index is 13.8. The summed E-state index contributed by atoms with van der Waals surface area (Å²) in [7, 11) is 3.17. The normalized spacial score (nSPS) is 13.8. The summed E-state index contributed by atoms with van der Waals surface area (Å²) in [5.41, 5.74) is 2.61. The molecule has 1 saturated heterocycles. The highest BCUT2D eigenvalue weighted by Gasteiger charge is 2.29. The number of piperidine rings is 1. The van der Waals surface area contributed by atoms with E-state index in [-0.39, 0.29) is 23.4 Å². The molecule has 1 aliphatic rings. The molecule has 1 aliphatic heterocycles. The molecular weight excluding hydrogens is 459 g/mol. The molecule has 0 atom stereocenters. The fraction of sp³-hybridized carbons (Fsp3) is 0.310. The summed E-state index contributed by atoms with van der Waals surface area (Å²) in [6.45, 7) is 3.67. The van der Waals surface area contributed by atoms with Crippen LogP contribution < -0.4 is 19.3 Å². The Hall–Kier alpha value is -3.87. The molecule has 0 N–H and O–H groups in total. The maximum absolute atomic E-state index is 13.8. The number of Topliss-reactive ketones (excluding diaryl/α,β-unsaturated/α-hetero) is 1. The molecular formula is C29H31FN2O4. The summed E-state index contributed by atoms with van der Waals surface area (Å²) >= 11 is 0. The zero-order valence-corrected chi connectivity index (χ0v) is 20.9. The highest BCUT2D eigenvalue weighted by atomic mass is 19.1. The van der Waals surface area contributed by atoms with Crippen molar-refractivity contribution in [1.82, 2.24) is 0 Å². The smallest absolute Gasteiger partial charge is 0.260 e. The first-order chi connectivity index (χ1) is 17.5. The van der Waals surface area contributed by atoms with E-state index in [0.29, 0.717) is 60.8 Å². The molecule has 0 spiro atoms. The van der Waals surface area contributed by atoms with Gasteiger partial charge in [0.1, 0.15) is 17.3 Å². The summed E-state index contributed by atoms with van der Waals surface area (Å²) in [5.74, 6) is 0.658. The number of carbonyl (C=O) groups excluding carboxylic acids is 2. The number of methoxy groups -OCH3 is 2. The Kier molecular flexibility index (Phi) is 7.88. The zero-order chi connectivity index (χ0) is 25.7. The van der Waals surface area contributed by atoms with Crippen LogP contribution in [0, 0.1) is 11.7 Å². The van der Waals surface area contributed by atoms with Crippen molar-refractivity contribution in [3.05, 3.63) is 83.7 Å². The number of para-hydroxylation sites is 1. The molecule has 6 nitrogen and oxygen atoms in total. The second-order valence-electron chi connectivity index (χ2n) is 8.74. The number of anilines is 2. The Morgan fingerprint density at radius 2 is 1.67 bits per heavy atom. The number of hydrogen-bond acceptors (Lipinski definition) is 5. The third-order valence-electron chi connectivity index (χ3n) is 6.71. The van der Waals surface area contributed by atoms with Crippen molar-refractivity contribution in [2.75, 3.05) is 43.7 Å². The van der Waals surface area contributed by atoms with Crippen LogP contribution in [0.5, 0.6) is 11.5 Å². The Labute approximate surface area is 211 Å². The molecule has 7 heteroatoms. The molecule has 0 radical (unpaired) electrons. The van der Waals surface area contributed by atoms with Gasteiger partial charge in [0.2, 0.25) is 0 Å². The number of amides is 1. The van der Waals surface area contributed by atoms with Gasteiger partial charge in [-0.1, -0.05) is 12.1 Å². The summed E-state index contributed by atoms with van der Waals surface area (Å²) in [6, 6.07) is 18.7. The van der Waals surface area contributed by atoms with Crippen molar-refractivity contribution >= 4 is 23.1 Å². The molecule has 3 aromatic carbocycles. The molecule has 0 saturated carbocycles. The molecule has 1 fully saturated rings. The first kappa shape index (κ1) is 25.2. The molecule has 0 bridgehead atoms.